The van der Waals surface area contributed by atoms with Gasteiger partial charge in [-0.1, -0.05) is 30.3 Å². The number of amides is 1. The van der Waals surface area contributed by atoms with Gasteiger partial charge >= 0.3 is 0 Å². The third kappa shape index (κ3) is 3.46. The molecule has 1 unspecified atom stereocenters. The zero-order valence-corrected chi connectivity index (χ0v) is 13.2. The van der Waals surface area contributed by atoms with Gasteiger partial charge < -0.3 is 10.0 Å². The molecule has 126 valence electrons. The molecule has 3 nitrogen and oxygen atoms in total. The zero-order chi connectivity index (χ0) is 17.1. The standard InChI is InChI=1S/C19H19F2NO2/c20-15-6-7-17(21)16(12-15)19(24)22-10-8-14(9-11-22)18(23)13-4-2-1-3-5-13/h1-7,12,14,18,23H,8-11H2. The monoisotopic (exact) mass is 331 g/mol. The molecule has 1 fully saturated rings. The van der Waals surface area contributed by atoms with E-state index in [-0.39, 0.29) is 11.5 Å². The van der Waals surface area contributed by atoms with Gasteiger partial charge in [0.15, 0.2) is 0 Å². The maximum atomic E-state index is 13.7. The van der Waals surface area contributed by atoms with Crippen LogP contribution in [0.3, 0.4) is 0 Å². The van der Waals surface area contributed by atoms with Gasteiger partial charge in [-0.25, -0.2) is 8.78 Å². The van der Waals surface area contributed by atoms with Crippen molar-refractivity contribution in [1.29, 1.82) is 0 Å². The van der Waals surface area contributed by atoms with Crippen LogP contribution in [0.5, 0.6) is 0 Å². The van der Waals surface area contributed by atoms with Gasteiger partial charge in [0.05, 0.1) is 11.7 Å². The van der Waals surface area contributed by atoms with E-state index < -0.39 is 23.6 Å². The first-order valence-corrected chi connectivity index (χ1v) is 8.03. The smallest absolute Gasteiger partial charge is 0.256 e. The molecule has 0 saturated carbocycles. The molecule has 0 bridgehead atoms. The summed E-state index contributed by atoms with van der Waals surface area (Å²) in [5, 5.41) is 10.5. The molecule has 24 heavy (non-hydrogen) atoms. The van der Waals surface area contributed by atoms with Crippen molar-refractivity contribution < 1.29 is 18.7 Å². The van der Waals surface area contributed by atoms with E-state index in [0.29, 0.717) is 25.9 Å². The summed E-state index contributed by atoms with van der Waals surface area (Å²) in [6, 6.07) is 12.3. The summed E-state index contributed by atoms with van der Waals surface area (Å²) >= 11 is 0. The van der Waals surface area contributed by atoms with Crippen LogP contribution in [0.25, 0.3) is 0 Å². The summed E-state index contributed by atoms with van der Waals surface area (Å²) in [4.78, 5) is 13.9. The van der Waals surface area contributed by atoms with Crippen LogP contribution >= 0.6 is 0 Å². The number of likely N-dealkylation sites (tertiary alicyclic amines) is 1. The van der Waals surface area contributed by atoms with E-state index in [1.807, 2.05) is 30.3 Å². The average molecular weight is 331 g/mol. The molecular formula is C19H19F2NO2. The van der Waals surface area contributed by atoms with Crippen LogP contribution in [0, 0.1) is 17.6 Å². The van der Waals surface area contributed by atoms with Crippen LogP contribution in [0.1, 0.15) is 34.9 Å². The summed E-state index contributed by atoms with van der Waals surface area (Å²) in [5.41, 5.74) is 0.621. The Hall–Kier alpha value is -2.27. The molecular weight excluding hydrogens is 312 g/mol. The molecule has 1 amide bonds. The first-order chi connectivity index (χ1) is 11.6. The van der Waals surface area contributed by atoms with Crippen molar-refractivity contribution >= 4 is 5.91 Å². The van der Waals surface area contributed by atoms with E-state index in [1.54, 1.807) is 0 Å². The highest BCUT2D eigenvalue weighted by atomic mass is 19.1. The Morgan fingerprint density at radius 3 is 2.42 bits per heavy atom. The normalized spacial score (nSPS) is 16.9. The molecule has 0 spiro atoms. The number of benzene rings is 2. The molecule has 2 aromatic carbocycles. The van der Waals surface area contributed by atoms with E-state index in [4.69, 9.17) is 0 Å². The minimum absolute atomic E-state index is 0.0498. The molecule has 3 rings (SSSR count). The number of aliphatic hydroxyl groups excluding tert-OH is 1. The molecule has 1 atom stereocenters. The Labute approximate surface area is 139 Å². The maximum Gasteiger partial charge on any atom is 0.256 e. The lowest BCUT2D eigenvalue weighted by Crippen LogP contribution is -2.40. The Morgan fingerprint density at radius 2 is 1.75 bits per heavy atom. The number of hydrogen-bond donors (Lipinski definition) is 1. The second-order valence-electron chi connectivity index (χ2n) is 6.11. The molecule has 0 aliphatic carbocycles. The number of rotatable bonds is 3. The second kappa shape index (κ2) is 7.09. The molecule has 1 heterocycles. The van der Waals surface area contributed by atoms with Crippen molar-refractivity contribution in [3.05, 3.63) is 71.3 Å². The molecule has 1 aliphatic rings. The topological polar surface area (TPSA) is 40.5 Å². The van der Waals surface area contributed by atoms with Crippen molar-refractivity contribution in [2.75, 3.05) is 13.1 Å². The van der Waals surface area contributed by atoms with E-state index in [9.17, 15) is 18.7 Å². The van der Waals surface area contributed by atoms with Gasteiger partial charge in [-0.3, -0.25) is 4.79 Å². The Bertz CT molecular complexity index is 713. The van der Waals surface area contributed by atoms with Gasteiger partial charge in [-0.05, 0) is 42.5 Å². The lowest BCUT2D eigenvalue weighted by molar-refractivity contribution is 0.0459. The van der Waals surface area contributed by atoms with E-state index in [0.717, 1.165) is 23.8 Å². The summed E-state index contributed by atoms with van der Waals surface area (Å²) in [7, 11) is 0. The number of nitrogens with zero attached hydrogens (tertiary/aromatic N) is 1. The lowest BCUT2D eigenvalue weighted by atomic mass is 9.87. The number of hydrogen-bond acceptors (Lipinski definition) is 2. The highest BCUT2D eigenvalue weighted by Crippen LogP contribution is 2.31. The van der Waals surface area contributed by atoms with E-state index in [2.05, 4.69) is 0 Å². The van der Waals surface area contributed by atoms with Crippen molar-refractivity contribution in [3.63, 3.8) is 0 Å². The average Bonchev–Trinajstić information content (AvgIpc) is 2.63. The summed E-state index contributed by atoms with van der Waals surface area (Å²) < 4.78 is 27.0. The van der Waals surface area contributed by atoms with Gasteiger partial charge in [0.2, 0.25) is 0 Å². The van der Waals surface area contributed by atoms with Crippen LogP contribution in [-0.2, 0) is 0 Å². The SMILES string of the molecule is O=C(c1cc(F)ccc1F)N1CCC(C(O)c2ccccc2)CC1. The van der Waals surface area contributed by atoms with Crippen LogP contribution in [0.15, 0.2) is 48.5 Å². The van der Waals surface area contributed by atoms with Crippen LogP contribution in [0.4, 0.5) is 8.78 Å². The zero-order valence-electron chi connectivity index (χ0n) is 13.2. The Morgan fingerprint density at radius 1 is 1.08 bits per heavy atom. The third-order valence-electron chi connectivity index (χ3n) is 4.57. The van der Waals surface area contributed by atoms with Gasteiger partial charge in [0.1, 0.15) is 11.6 Å². The van der Waals surface area contributed by atoms with E-state index in [1.165, 1.54) is 4.90 Å². The highest BCUT2D eigenvalue weighted by Gasteiger charge is 2.29. The summed E-state index contributed by atoms with van der Waals surface area (Å²) in [6.07, 6.45) is 0.673. The quantitative estimate of drug-likeness (QED) is 0.934. The molecule has 1 aliphatic heterocycles. The summed E-state index contributed by atoms with van der Waals surface area (Å²) in [5.74, 6) is -1.80. The maximum absolute atomic E-state index is 13.7. The minimum atomic E-state index is -0.715. The van der Waals surface area contributed by atoms with Crippen molar-refractivity contribution in [2.24, 2.45) is 5.92 Å². The number of carbonyl (C=O) groups excluding carboxylic acids is 1. The molecule has 1 saturated heterocycles. The number of halogens is 2. The first-order valence-electron chi connectivity index (χ1n) is 8.03. The fourth-order valence-electron chi connectivity index (χ4n) is 3.17. The van der Waals surface area contributed by atoms with Gasteiger partial charge in [-0.15, -0.1) is 0 Å². The summed E-state index contributed by atoms with van der Waals surface area (Å²) in [6.45, 7) is 0.840. The third-order valence-corrected chi connectivity index (χ3v) is 4.57. The first kappa shape index (κ1) is 16.6. The molecule has 0 aromatic heterocycles. The van der Waals surface area contributed by atoms with Gasteiger partial charge in [0.25, 0.3) is 5.91 Å². The number of piperidine rings is 1. The van der Waals surface area contributed by atoms with Crippen LogP contribution in [-0.4, -0.2) is 29.0 Å². The number of aliphatic hydroxyl groups is 1. The highest BCUT2D eigenvalue weighted by molar-refractivity contribution is 5.94. The van der Waals surface area contributed by atoms with Crippen molar-refractivity contribution in [2.45, 2.75) is 18.9 Å². The van der Waals surface area contributed by atoms with Crippen molar-refractivity contribution in [3.8, 4) is 0 Å². The second-order valence-corrected chi connectivity index (χ2v) is 6.11. The fourth-order valence-corrected chi connectivity index (χ4v) is 3.17. The van der Waals surface area contributed by atoms with Crippen LogP contribution < -0.4 is 0 Å². The Balaban J connectivity index is 1.64. The van der Waals surface area contributed by atoms with Gasteiger partial charge in [0, 0.05) is 13.1 Å². The van der Waals surface area contributed by atoms with Crippen molar-refractivity contribution in [1.82, 2.24) is 4.90 Å². The fraction of sp³-hybridized carbons (Fsp3) is 0.316. The van der Waals surface area contributed by atoms with E-state index >= 15 is 0 Å². The van der Waals surface area contributed by atoms with Gasteiger partial charge in [-0.2, -0.15) is 0 Å². The van der Waals surface area contributed by atoms with Crippen LogP contribution in [0.2, 0.25) is 0 Å². The molecule has 5 heteroatoms. The largest absolute Gasteiger partial charge is 0.388 e. The number of carbonyl (C=O) groups is 1. The minimum Gasteiger partial charge on any atom is -0.388 e. The Kier molecular flexibility index (Phi) is 4.90. The predicted octanol–water partition coefficient (Wildman–Crippen LogP) is 3.55. The predicted molar refractivity (Wildman–Crippen MR) is 86.4 cm³/mol. The lowest BCUT2D eigenvalue weighted by Gasteiger charge is -2.34. The molecule has 1 N–H and O–H groups in total. The molecule has 0 radical (unpaired) electrons. The molecule has 2 aromatic rings.